The molecule has 0 atom stereocenters. The summed E-state index contributed by atoms with van der Waals surface area (Å²) in [5.41, 5.74) is 6.23. The number of aromatic nitrogens is 3. The van der Waals surface area contributed by atoms with Crippen LogP contribution in [0.4, 0.5) is 5.95 Å². The maximum Gasteiger partial charge on any atom is 0.313 e. The lowest BCUT2D eigenvalue weighted by Crippen LogP contribution is -2.05. The summed E-state index contributed by atoms with van der Waals surface area (Å²) in [6, 6.07) is 5.03. The number of carbonyl (C=O) groups is 1. The topological polar surface area (TPSA) is 94.0 Å². The number of carboxylic acids is 1. The Labute approximate surface area is 122 Å². The fourth-order valence-electron chi connectivity index (χ4n) is 1.39. The zero-order valence-electron chi connectivity index (χ0n) is 9.38. The van der Waals surface area contributed by atoms with Crippen LogP contribution in [-0.2, 0) is 4.79 Å². The predicted octanol–water partition coefficient (Wildman–Crippen LogP) is 2.33. The fourth-order valence-corrected chi connectivity index (χ4v) is 2.44. The van der Waals surface area contributed by atoms with Gasteiger partial charge in [0.15, 0.2) is 5.16 Å². The first-order chi connectivity index (χ1) is 9.00. The minimum atomic E-state index is -0.963. The van der Waals surface area contributed by atoms with E-state index < -0.39 is 5.97 Å². The number of benzene rings is 1. The van der Waals surface area contributed by atoms with Gasteiger partial charge in [-0.05, 0) is 12.1 Å². The third-order valence-electron chi connectivity index (χ3n) is 2.16. The highest BCUT2D eigenvalue weighted by atomic mass is 35.5. The van der Waals surface area contributed by atoms with Gasteiger partial charge in [-0.15, -0.1) is 10.2 Å². The highest BCUT2D eigenvalue weighted by molar-refractivity contribution is 7.99. The van der Waals surface area contributed by atoms with Crippen LogP contribution in [0.1, 0.15) is 0 Å². The lowest BCUT2D eigenvalue weighted by molar-refractivity contribution is -0.133. The van der Waals surface area contributed by atoms with Crippen molar-refractivity contribution in [3.63, 3.8) is 0 Å². The Balaban J connectivity index is 2.46. The van der Waals surface area contributed by atoms with E-state index in [4.69, 9.17) is 34.0 Å². The Bertz CT molecular complexity index is 632. The molecule has 9 heteroatoms. The number of nitrogens with zero attached hydrogens (tertiary/aromatic N) is 3. The third kappa shape index (κ3) is 2.94. The Kier molecular flexibility index (Phi) is 4.18. The van der Waals surface area contributed by atoms with Gasteiger partial charge >= 0.3 is 5.97 Å². The minimum Gasteiger partial charge on any atom is -0.481 e. The summed E-state index contributed by atoms with van der Waals surface area (Å²) in [4.78, 5) is 10.6. The lowest BCUT2D eigenvalue weighted by atomic mass is 10.3. The van der Waals surface area contributed by atoms with Crippen molar-refractivity contribution in [2.75, 3.05) is 11.5 Å². The average molecular weight is 319 g/mol. The van der Waals surface area contributed by atoms with E-state index in [1.54, 1.807) is 18.2 Å². The SMILES string of the molecule is Nc1nnc(SCC(=O)O)n1-c1cccc(Cl)c1Cl. The van der Waals surface area contributed by atoms with Gasteiger partial charge in [0, 0.05) is 0 Å². The van der Waals surface area contributed by atoms with Crippen LogP contribution in [0.15, 0.2) is 23.4 Å². The van der Waals surface area contributed by atoms with Crippen molar-refractivity contribution in [3.8, 4) is 5.69 Å². The molecule has 0 saturated heterocycles. The molecule has 2 rings (SSSR count). The smallest absolute Gasteiger partial charge is 0.313 e. The van der Waals surface area contributed by atoms with E-state index in [0.29, 0.717) is 20.9 Å². The molecule has 2 aromatic rings. The highest BCUT2D eigenvalue weighted by Gasteiger charge is 2.16. The number of thioether (sulfide) groups is 1. The first kappa shape index (κ1) is 14.0. The molecule has 6 nitrogen and oxygen atoms in total. The molecule has 0 unspecified atom stereocenters. The van der Waals surface area contributed by atoms with Gasteiger partial charge in [0.2, 0.25) is 5.95 Å². The van der Waals surface area contributed by atoms with Crippen LogP contribution in [0.25, 0.3) is 5.69 Å². The van der Waals surface area contributed by atoms with Crippen LogP contribution in [0.5, 0.6) is 0 Å². The molecule has 0 aliphatic carbocycles. The summed E-state index contributed by atoms with van der Waals surface area (Å²) in [6.07, 6.45) is 0. The molecule has 0 radical (unpaired) electrons. The maximum absolute atomic E-state index is 10.6. The van der Waals surface area contributed by atoms with Crippen LogP contribution in [0.3, 0.4) is 0 Å². The van der Waals surface area contributed by atoms with E-state index in [-0.39, 0.29) is 11.7 Å². The first-order valence-electron chi connectivity index (χ1n) is 5.00. The number of aliphatic carboxylic acids is 1. The number of hydrogen-bond acceptors (Lipinski definition) is 5. The maximum atomic E-state index is 10.6. The molecule has 19 heavy (non-hydrogen) atoms. The Morgan fingerprint density at radius 2 is 2.16 bits per heavy atom. The van der Waals surface area contributed by atoms with Gasteiger partial charge < -0.3 is 10.8 Å². The standard InChI is InChI=1S/C10H8Cl2N4O2S/c11-5-2-1-3-6(8(5)12)16-9(13)14-15-10(16)19-4-7(17)18/h1-3H,4H2,(H2,13,14)(H,17,18). The number of nitrogens with two attached hydrogens (primary N) is 1. The molecule has 0 aliphatic heterocycles. The molecule has 0 bridgehead atoms. The molecule has 1 heterocycles. The monoisotopic (exact) mass is 318 g/mol. The van der Waals surface area contributed by atoms with Crippen LogP contribution < -0.4 is 5.73 Å². The second kappa shape index (κ2) is 5.68. The number of halogens is 2. The van der Waals surface area contributed by atoms with Crippen LogP contribution in [0, 0.1) is 0 Å². The van der Waals surface area contributed by atoms with Gasteiger partial charge in [0.05, 0.1) is 21.5 Å². The molecule has 100 valence electrons. The first-order valence-corrected chi connectivity index (χ1v) is 6.74. The average Bonchev–Trinajstić information content (AvgIpc) is 2.72. The Hall–Kier alpha value is -1.44. The zero-order chi connectivity index (χ0) is 14.0. The quantitative estimate of drug-likeness (QED) is 0.840. The van der Waals surface area contributed by atoms with Gasteiger partial charge in [0.25, 0.3) is 0 Å². The van der Waals surface area contributed by atoms with E-state index in [1.165, 1.54) is 4.57 Å². The van der Waals surface area contributed by atoms with Crippen molar-refractivity contribution >= 4 is 46.9 Å². The summed E-state index contributed by atoms with van der Waals surface area (Å²) in [5.74, 6) is -1.01. The van der Waals surface area contributed by atoms with Crippen LogP contribution in [-0.4, -0.2) is 31.6 Å². The van der Waals surface area contributed by atoms with Crippen molar-refractivity contribution in [2.24, 2.45) is 0 Å². The van der Waals surface area contributed by atoms with E-state index in [0.717, 1.165) is 11.8 Å². The second-order valence-corrected chi connectivity index (χ2v) is 5.16. The molecule has 0 spiro atoms. The van der Waals surface area contributed by atoms with E-state index in [2.05, 4.69) is 10.2 Å². The van der Waals surface area contributed by atoms with E-state index >= 15 is 0 Å². The molecule has 0 saturated carbocycles. The Morgan fingerprint density at radius 1 is 1.42 bits per heavy atom. The second-order valence-electron chi connectivity index (χ2n) is 3.43. The number of anilines is 1. The molecule has 1 aromatic carbocycles. The molecule has 0 aliphatic rings. The van der Waals surface area contributed by atoms with Crippen molar-refractivity contribution in [3.05, 3.63) is 28.2 Å². The minimum absolute atomic E-state index is 0.108. The largest absolute Gasteiger partial charge is 0.481 e. The molecule has 3 N–H and O–H groups in total. The normalized spacial score (nSPS) is 10.6. The van der Waals surface area contributed by atoms with Crippen molar-refractivity contribution < 1.29 is 9.90 Å². The number of carboxylic acid groups (broad SMARTS) is 1. The summed E-state index contributed by atoms with van der Waals surface area (Å²) < 4.78 is 1.46. The van der Waals surface area contributed by atoms with Gasteiger partial charge in [0.1, 0.15) is 0 Å². The van der Waals surface area contributed by atoms with Gasteiger partial charge in [-0.3, -0.25) is 9.36 Å². The Morgan fingerprint density at radius 3 is 2.84 bits per heavy atom. The molecule has 0 fully saturated rings. The summed E-state index contributed by atoms with van der Waals surface area (Å²) in [6.45, 7) is 0. The number of rotatable bonds is 4. The lowest BCUT2D eigenvalue weighted by Gasteiger charge is -2.10. The summed E-state index contributed by atoms with van der Waals surface area (Å²) in [5, 5.41) is 17.2. The molecule has 0 amide bonds. The number of hydrogen-bond donors (Lipinski definition) is 2. The van der Waals surface area contributed by atoms with Crippen molar-refractivity contribution in [1.82, 2.24) is 14.8 Å². The predicted molar refractivity (Wildman–Crippen MR) is 74.2 cm³/mol. The van der Waals surface area contributed by atoms with Crippen LogP contribution >= 0.6 is 35.0 Å². The van der Waals surface area contributed by atoms with E-state index in [1.807, 2.05) is 0 Å². The third-order valence-corrected chi connectivity index (χ3v) is 3.88. The van der Waals surface area contributed by atoms with Gasteiger partial charge in [-0.25, -0.2) is 0 Å². The van der Waals surface area contributed by atoms with Crippen molar-refractivity contribution in [2.45, 2.75) is 5.16 Å². The van der Waals surface area contributed by atoms with Crippen LogP contribution in [0.2, 0.25) is 10.0 Å². The summed E-state index contributed by atoms with van der Waals surface area (Å²) >= 11 is 13.0. The molecule has 1 aromatic heterocycles. The molecular formula is C10H8Cl2N4O2S. The zero-order valence-corrected chi connectivity index (χ0v) is 11.7. The summed E-state index contributed by atoms with van der Waals surface area (Å²) in [7, 11) is 0. The fraction of sp³-hybridized carbons (Fsp3) is 0.100. The number of nitrogen functional groups attached to an aromatic ring is 1. The highest BCUT2D eigenvalue weighted by Crippen LogP contribution is 2.32. The molecular weight excluding hydrogens is 311 g/mol. The van der Waals surface area contributed by atoms with Gasteiger partial charge in [-0.1, -0.05) is 41.0 Å². The van der Waals surface area contributed by atoms with E-state index in [9.17, 15) is 4.79 Å². The van der Waals surface area contributed by atoms with Crippen molar-refractivity contribution in [1.29, 1.82) is 0 Å². The van der Waals surface area contributed by atoms with Gasteiger partial charge in [-0.2, -0.15) is 0 Å².